The largest absolute Gasteiger partial charge is 1.00 e. The van der Waals surface area contributed by atoms with Crippen molar-refractivity contribution in [3.8, 4) is 0 Å². The summed E-state index contributed by atoms with van der Waals surface area (Å²) in [6.07, 6.45) is 11.4. The second kappa shape index (κ2) is 4.63. The van der Waals surface area contributed by atoms with Crippen LogP contribution in [0, 0.1) is 24.2 Å². The predicted molar refractivity (Wildman–Crippen MR) is 64.3 cm³/mol. The van der Waals surface area contributed by atoms with E-state index in [0.717, 1.165) is 0 Å². The van der Waals surface area contributed by atoms with Crippen molar-refractivity contribution in [3.63, 3.8) is 0 Å². The molecule has 0 aromatic carbocycles. The summed E-state index contributed by atoms with van der Waals surface area (Å²) in [5.74, 6) is 1.85. The van der Waals surface area contributed by atoms with Gasteiger partial charge in [-0.3, -0.25) is 0 Å². The topological polar surface area (TPSA) is 23.8 Å². The third-order valence-electron chi connectivity index (χ3n) is 3.56. The summed E-state index contributed by atoms with van der Waals surface area (Å²) in [4.78, 5) is 0. The van der Waals surface area contributed by atoms with Gasteiger partial charge in [0.1, 0.15) is 0 Å². The Kier molecular flexibility index (Phi) is 4.11. The molecule has 0 aromatic rings. The molecule has 2 aliphatic carbocycles. The molecular weight excluding hydrogens is 193 g/mol. The molecule has 1 nitrogen and oxygen atoms in total. The molecule has 1 N–H and O–H groups in total. The second-order valence-electron chi connectivity index (χ2n) is 5.22. The summed E-state index contributed by atoms with van der Waals surface area (Å²) >= 11 is 0. The van der Waals surface area contributed by atoms with E-state index in [0.29, 0.717) is 23.3 Å². The number of hydrogen-bond acceptors (Lipinski definition) is 0. The van der Waals surface area contributed by atoms with Crippen LogP contribution in [-0.2, 0) is 0 Å². The quantitative estimate of drug-likeness (QED) is 0.454. The minimum Gasteiger partial charge on any atom is -0.680 e. The summed E-state index contributed by atoms with van der Waals surface area (Å²) in [5, 5.41) is 8.34. The Morgan fingerprint density at radius 3 is 2.40 bits per heavy atom. The number of hydrogen-bond donors (Lipinski definition) is 0. The first-order valence-electron chi connectivity index (χ1n) is 5.45. The van der Waals surface area contributed by atoms with Crippen molar-refractivity contribution in [2.45, 2.75) is 25.6 Å². The zero-order chi connectivity index (χ0) is 10.3. The van der Waals surface area contributed by atoms with Crippen LogP contribution in [0.2, 0.25) is 18.6 Å². The van der Waals surface area contributed by atoms with Crippen molar-refractivity contribution < 1.29 is 18.9 Å². The van der Waals surface area contributed by atoms with E-state index in [9.17, 15) is 0 Å². The third-order valence-corrected chi connectivity index (χ3v) is 6.14. The molecule has 3 heteroatoms. The Balaban J connectivity index is 0.00000112. The molecule has 0 aliphatic heterocycles. The van der Waals surface area contributed by atoms with Crippen molar-refractivity contribution in [2.75, 3.05) is 0 Å². The molecule has 4 unspecified atom stereocenters. The van der Waals surface area contributed by atoms with Crippen LogP contribution in [-0.4, -0.2) is 8.24 Å². The molecule has 0 radical (unpaired) electrons. The Morgan fingerprint density at radius 1 is 1.20 bits per heavy atom. The van der Waals surface area contributed by atoms with Crippen molar-refractivity contribution in [2.24, 2.45) is 17.8 Å². The van der Waals surface area contributed by atoms with Gasteiger partial charge in [-0.2, -0.15) is 5.92 Å². The fourth-order valence-corrected chi connectivity index (χ4v) is 5.87. The molecule has 1 saturated carbocycles. The van der Waals surface area contributed by atoms with E-state index in [2.05, 4.69) is 50.7 Å². The standard InChI is InChI=1S/C12H19NSi.Li/c1-9-8-10-6-4-5-7-11(10)12(9)14(2,3)13;/h4-13H,1-3H3;/q-2;+1. The summed E-state index contributed by atoms with van der Waals surface area (Å²) in [7, 11) is -1.76. The zero-order valence-corrected chi connectivity index (χ0v) is 11.2. The number of rotatable bonds is 1. The van der Waals surface area contributed by atoms with E-state index in [1.54, 1.807) is 0 Å². The molecule has 78 valence electrons. The van der Waals surface area contributed by atoms with Crippen LogP contribution >= 0.6 is 0 Å². The van der Waals surface area contributed by atoms with E-state index >= 15 is 0 Å². The van der Waals surface area contributed by atoms with Crippen LogP contribution in [0.4, 0.5) is 0 Å². The summed E-state index contributed by atoms with van der Waals surface area (Å²) in [5.41, 5.74) is 0.605. The molecular formula is C12H19LiNSi-. The maximum Gasteiger partial charge on any atom is 1.00 e. The van der Waals surface area contributed by atoms with Crippen LogP contribution in [0.15, 0.2) is 24.3 Å². The third kappa shape index (κ3) is 2.50. The molecule has 0 spiro atoms. The maximum absolute atomic E-state index is 8.34. The molecule has 1 fully saturated rings. The monoisotopic (exact) mass is 212 g/mol. The Labute approximate surface area is 106 Å². The number of nitrogens with one attached hydrogen (secondary N) is 1. The van der Waals surface area contributed by atoms with Gasteiger partial charge in [0.25, 0.3) is 0 Å². The van der Waals surface area contributed by atoms with E-state index in [4.69, 9.17) is 5.40 Å². The normalized spacial score (nSPS) is 38.7. The maximum atomic E-state index is 8.34. The molecule has 0 amide bonds. The molecule has 0 heterocycles. The van der Waals surface area contributed by atoms with Gasteiger partial charge in [0, 0.05) is 0 Å². The van der Waals surface area contributed by atoms with Crippen LogP contribution in [0.25, 0.3) is 5.40 Å². The van der Waals surface area contributed by atoms with Crippen LogP contribution in [0.5, 0.6) is 0 Å². The van der Waals surface area contributed by atoms with Gasteiger partial charge in [-0.25, -0.2) is 0 Å². The van der Waals surface area contributed by atoms with E-state index in [1.807, 2.05) is 0 Å². The number of fused-ring (bicyclic) bond motifs is 1. The predicted octanol–water partition coefficient (Wildman–Crippen LogP) is 0.830. The first-order chi connectivity index (χ1) is 6.50. The molecule has 2 aliphatic rings. The minimum absolute atomic E-state index is 0. The van der Waals surface area contributed by atoms with Crippen molar-refractivity contribution >= 4 is 8.24 Å². The van der Waals surface area contributed by atoms with E-state index < -0.39 is 8.24 Å². The van der Waals surface area contributed by atoms with Crippen LogP contribution < -0.4 is 18.9 Å². The SMILES string of the molecule is CC1[CH-]C2C=CC=CC2C1[Si](C)(C)[NH-].[Li+]. The van der Waals surface area contributed by atoms with Gasteiger partial charge in [0.05, 0.1) is 0 Å². The van der Waals surface area contributed by atoms with Crippen molar-refractivity contribution in [1.82, 2.24) is 0 Å². The summed E-state index contributed by atoms with van der Waals surface area (Å²) < 4.78 is 0. The molecule has 4 atom stereocenters. The van der Waals surface area contributed by atoms with Crippen LogP contribution in [0.1, 0.15) is 6.92 Å². The van der Waals surface area contributed by atoms with E-state index in [-0.39, 0.29) is 18.9 Å². The molecule has 0 saturated heterocycles. The summed E-state index contributed by atoms with van der Waals surface area (Å²) in [6, 6.07) is 0. The minimum atomic E-state index is -1.76. The average Bonchev–Trinajstić information content (AvgIpc) is 2.38. The average molecular weight is 212 g/mol. The van der Waals surface area contributed by atoms with Crippen molar-refractivity contribution in [1.29, 1.82) is 0 Å². The molecule has 15 heavy (non-hydrogen) atoms. The van der Waals surface area contributed by atoms with E-state index in [1.165, 1.54) is 0 Å². The first-order valence-corrected chi connectivity index (χ1v) is 8.53. The summed E-state index contributed by atoms with van der Waals surface area (Å²) in [6.45, 7) is 6.64. The van der Waals surface area contributed by atoms with Gasteiger partial charge in [-0.15, -0.1) is 12.0 Å². The Bertz CT molecular complexity index is 280. The second-order valence-corrected chi connectivity index (χ2v) is 9.33. The van der Waals surface area contributed by atoms with Crippen molar-refractivity contribution in [3.05, 3.63) is 36.1 Å². The van der Waals surface area contributed by atoms with Gasteiger partial charge >= 0.3 is 18.9 Å². The van der Waals surface area contributed by atoms with Gasteiger partial charge in [0.15, 0.2) is 0 Å². The molecule has 0 aromatic heterocycles. The molecule has 0 bridgehead atoms. The Morgan fingerprint density at radius 2 is 1.80 bits per heavy atom. The smallest absolute Gasteiger partial charge is 0.680 e. The van der Waals surface area contributed by atoms with Gasteiger partial charge < -0.3 is 11.8 Å². The van der Waals surface area contributed by atoms with Gasteiger partial charge in [0.2, 0.25) is 0 Å². The van der Waals surface area contributed by atoms with Gasteiger partial charge in [-0.05, 0) is 5.92 Å². The van der Waals surface area contributed by atoms with Gasteiger partial charge in [-0.1, -0.05) is 52.0 Å². The first kappa shape index (κ1) is 13.3. The molecule has 2 rings (SSSR count). The zero-order valence-electron chi connectivity index (χ0n) is 10.2. The number of allylic oxidation sites excluding steroid dienone is 4. The Hall–Kier alpha value is 0.254. The van der Waals surface area contributed by atoms with Crippen LogP contribution in [0.3, 0.4) is 0 Å². The fourth-order valence-electron chi connectivity index (χ4n) is 3.15. The fraction of sp³-hybridized carbons (Fsp3) is 0.583.